The third-order valence-electron chi connectivity index (χ3n) is 5.39. The Balaban J connectivity index is 1.72. The van der Waals surface area contributed by atoms with Crippen LogP contribution in [0.1, 0.15) is 45.4 Å². The second-order valence-electron chi connectivity index (χ2n) is 6.48. The van der Waals surface area contributed by atoms with Crippen molar-refractivity contribution in [3.05, 3.63) is 11.8 Å². The van der Waals surface area contributed by atoms with Crippen LogP contribution in [0.3, 0.4) is 0 Å². The first-order valence-electron chi connectivity index (χ1n) is 8.05. The molecule has 3 aliphatic rings. The first kappa shape index (κ1) is 13.4. The first-order chi connectivity index (χ1) is 9.29. The predicted molar refractivity (Wildman–Crippen MR) is 78.0 cm³/mol. The molecule has 1 N–H and O–H groups in total. The van der Waals surface area contributed by atoms with E-state index in [2.05, 4.69) is 30.5 Å². The zero-order valence-corrected chi connectivity index (χ0v) is 12.4. The van der Waals surface area contributed by atoms with Gasteiger partial charge in [-0.25, -0.2) is 0 Å². The van der Waals surface area contributed by atoms with Gasteiger partial charge in [0.25, 0.3) is 0 Å². The summed E-state index contributed by atoms with van der Waals surface area (Å²) >= 11 is 0. The van der Waals surface area contributed by atoms with Gasteiger partial charge in [-0.1, -0.05) is 6.92 Å². The summed E-state index contributed by atoms with van der Waals surface area (Å²) in [7, 11) is 2.32. The summed E-state index contributed by atoms with van der Waals surface area (Å²) in [6, 6.07) is 2.21. The number of hydrogen-bond acceptors (Lipinski definition) is 3. The van der Waals surface area contributed by atoms with Crippen molar-refractivity contribution in [3.8, 4) is 0 Å². The monoisotopic (exact) mass is 264 g/mol. The third-order valence-corrected chi connectivity index (χ3v) is 5.39. The molecule has 0 aromatic heterocycles. The molecule has 0 saturated carbocycles. The van der Waals surface area contributed by atoms with Crippen LogP contribution in [0, 0.1) is 5.92 Å². The highest BCUT2D eigenvalue weighted by molar-refractivity contribution is 5.14. The minimum atomic E-state index is 0.557. The van der Waals surface area contributed by atoms with Crippen molar-refractivity contribution in [2.45, 2.75) is 63.6 Å². The van der Waals surface area contributed by atoms with E-state index in [-0.39, 0.29) is 0 Å². The Bertz CT molecular complexity index is 328. The molecule has 3 nitrogen and oxygen atoms in total. The fraction of sp³-hybridized carbons (Fsp3) is 0.875. The van der Waals surface area contributed by atoms with E-state index in [9.17, 15) is 0 Å². The molecule has 3 aliphatic heterocycles. The summed E-state index contributed by atoms with van der Waals surface area (Å²) in [4.78, 5) is 2.63. The second kappa shape index (κ2) is 5.84. The van der Waals surface area contributed by atoms with Crippen molar-refractivity contribution in [3.63, 3.8) is 0 Å². The van der Waals surface area contributed by atoms with Crippen LogP contribution in [0.5, 0.6) is 0 Å². The first-order valence-corrected chi connectivity index (χ1v) is 8.05. The number of likely N-dealkylation sites (N-methyl/N-ethyl adjacent to an activating group) is 1. The Labute approximate surface area is 117 Å². The van der Waals surface area contributed by atoms with Crippen LogP contribution >= 0.6 is 0 Å². The lowest BCUT2D eigenvalue weighted by Gasteiger charge is -2.41. The van der Waals surface area contributed by atoms with E-state index in [1.165, 1.54) is 44.1 Å². The maximum atomic E-state index is 5.58. The molecule has 19 heavy (non-hydrogen) atoms. The summed E-state index contributed by atoms with van der Waals surface area (Å²) in [5.41, 5.74) is 1.52. The van der Waals surface area contributed by atoms with Gasteiger partial charge in [0.05, 0.1) is 12.9 Å². The smallest absolute Gasteiger partial charge is 0.0876 e. The number of nitrogens with one attached hydrogen (secondary N) is 1. The molecular weight excluding hydrogens is 236 g/mol. The lowest BCUT2D eigenvalue weighted by Crippen LogP contribution is -2.48. The average Bonchev–Trinajstić information content (AvgIpc) is 2.67. The van der Waals surface area contributed by atoms with Crippen LogP contribution in [0.25, 0.3) is 0 Å². The Morgan fingerprint density at radius 2 is 2.11 bits per heavy atom. The van der Waals surface area contributed by atoms with Crippen molar-refractivity contribution in [1.82, 2.24) is 10.2 Å². The van der Waals surface area contributed by atoms with Crippen LogP contribution in [-0.2, 0) is 4.74 Å². The van der Waals surface area contributed by atoms with Gasteiger partial charge in [-0.3, -0.25) is 0 Å². The van der Waals surface area contributed by atoms with Gasteiger partial charge < -0.3 is 15.0 Å². The zero-order chi connectivity index (χ0) is 13.2. The summed E-state index contributed by atoms with van der Waals surface area (Å²) in [6.45, 7) is 4.19. The van der Waals surface area contributed by atoms with Crippen LogP contribution in [0.15, 0.2) is 11.8 Å². The molecule has 3 heteroatoms. The van der Waals surface area contributed by atoms with E-state index in [1.807, 2.05) is 0 Å². The van der Waals surface area contributed by atoms with Gasteiger partial charge in [0.1, 0.15) is 0 Å². The van der Waals surface area contributed by atoms with Crippen molar-refractivity contribution >= 4 is 0 Å². The van der Waals surface area contributed by atoms with Gasteiger partial charge in [-0.05, 0) is 63.6 Å². The minimum absolute atomic E-state index is 0.557. The predicted octanol–water partition coefficient (Wildman–Crippen LogP) is 2.53. The summed E-state index contributed by atoms with van der Waals surface area (Å²) in [6.07, 6.45) is 10.0. The molecule has 3 atom stereocenters. The van der Waals surface area contributed by atoms with Crippen LogP contribution in [0.4, 0.5) is 0 Å². The number of ether oxygens (including phenoxy) is 1. The number of rotatable bonds is 4. The van der Waals surface area contributed by atoms with Gasteiger partial charge in [-0.15, -0.1) is 0 Å². The molecular formula is C16H28N2O. The highest BCUT2D eigenvalue weighted by atomic mass is 16.5. The molecule has 0 aliphatic carbocycles. The molecule has 3 rings (SSSR count). The van der Waals surface area contributed by atoms with E-state index in [0.717, 1.165) is 31.2 Å². The van der Waals surface area contributed by atoms with Gasteiger partial charge in [0.15, 0.2) is 0 Å². The molecule has 3 unspecified atom stereocenters. The van der Waals surface area contributed by atoms with Crippen LogP contribution < -0.4 is 5.32 Å². The molecule has 2 fully saturated rings. The molecule has 0 radical (unpaired) electrons. The standard InChI is InChI=1S/C16H28N2O/c1-3-17-16(12-5-4-8-19-11-12)13-9-14-6-7-15(10-13)18(14)2/h11,13-17H,3-10H2,1-2H3. The van der Waals surface area contributed by atoms with Gasteiger partial charge >= 0.3 is 0 Å². The molecule has 2 saturated heterocycles. The lowest BCUT2D eigenvalue weighted by molar-refractivity contribution is 0.115. The van der Waals surface area contributed by atoms with Crippen molar-refractivity contribution in [1.29, 1.82) is 0 Å². The van der Waals surface area contributed by atoms with E-state index >= 15 is 0 Å². The highest BCUT2D eigenvalue weighted by Gasteiger charge is 2.41. The summed E-state index contributed by atoms with van der Waals surface area (Å²) in [5.74, 6) is 0.807. The topological polar surface area (TPSA) is 24.5 Å². The fourth-order valence-corrected chi connectivity index (χ4v) is 4.36. The number of nitrogens with zero attached hydrogens (tertiary/aromatic N) is 1. The van der Waals surface area contributed by atoms with Crippen LogP contribution in [0.2, 0.25) is 0 Å². The SMILES string of the molecule is CCNC(C1=COCCC1)C1CC2CCC(C1)N2C. The Morgan fingerprint density at radius 3 is 2.68 bits per heavy atom. The number of fused-ring (bicyclic) bond motifs is 2. The minimum Gasteiger partial charge on any atom is -0.501 e. The fourth-order valence-electron chi connectivity index (χ4n) is 4.36. The Hall–Kier alpha value is -0.540. The van der Waals surface area contributed by atoms with Gasteiger partial charge in [0, 0.05) is 18.1 Å². The van der Waals surface area contributed by atoms with Crippen molar-refractivity contribution in [2.75, 3.05) is 20.2 Å². The lowest BCUT2D eigenvalue weighted by atomic mass is 9.81. The molecule has 2 bridgehead atoms. The maximum absolute atomic E-state index is 5.58. The van der Waals surface area contributed by atoms with Gasteiger partial charge in [-0.2, -0.15) is 0 Å². The molecule has 3 heterocycles. The van der Waals surface area contributed by atoms with Crippen molar-refractivity contribution in [2.24, 2.45) is 5.92 Å². The highest BCUT2D eigenvalue weighted by Crippen LogP contribution is 2.40. The summed E-state index contributed by atoms with van der Waals surface area (Å²) < 4.78 is 5.58. The Kier molecular flexibility index (Phi) is 4.13. The van der Waals surface area contributed by atoms with E-state index in [4.69, 9.17) is 4.74 Å². The zero-order valence-electron chi connectivity index (χ0n) is 12.4. The average molecular weight is 264 g/mol. The van der Waals surface area contributed by atoms with E-state index in [1.54, 1.807) is 0 Å². The largest absolute Gasteiger partial charge is 0.501 e. The molecule has 0 spiro atoms. The van der Waals surface area contributed by atoms with Crippen LogP contribution in [-0.4, -0.2) is 43.2 Å². The molecule has 108 valence electrons. The number of hydrogen-bond donors (Lipinski definition) is 1. The molecule has 0 aromatic rings. The molecule has 0 amide bonds. The number of piperidine rings is 1. The normalized spacial score (nSPS) is 36.7. The van der Waals surface area contributed by atoms with E-state index < -0.39 is 0 Å². The second-order valence-corrected chi connectivity index (χ2v) is 6.48. The van der Waals surface area contributed by atoms with Crippen molar-refractivity contribution < 1.29 is 4.74 Å². The third kappa shape index (κ3) is 2.68. The molecule has 0 aromatic carbocycles. The van der Waals surface area contributed by atoms with Gasteiger partial charge in [0.2, 0.25) is 0 Å². The van der Waals surface area contributed by atoms with E-state index in [0.29, 0.717) is 6.04 Å². The maximum Gasteiger partial charge on any atom is 0.0876 e. The quantitative estimate of drug-likeness (QED) is 0.844. The summed E-state index contributed by atoms with van der Waals surface area (Å²) in [5, 5.41) is 3.74. The Morgan fingerprint density at radius 1 is 1.37 bits per heavy atom.